The van der Waals surface area contributed by atoms with Crippen LogP contribution < -0.4 is 0 Å². The molecular weight excluding hydrogens is 346 g/mol. The van der Waals surface area contributed by atoms with E-state index in [-0.39, 0.29) is 16.2 Å². The zero-order chi connectivity index (χ0) is 19.5. The molecule has 3 rings (SSSR count). The fraction of sp³-hybridized carbons (Fsp3) is 0.524. The summed E-state index contributed by atoms with van der Waals surface area (Å²) >= 11 is 6.08. The third kappa shape index (κ3) is 3.21. The largest absolute Gasteiger partial charge is 0.382 e. The fourth-order valence-electron chi connectivity index (χ4n) is 3.22. The topological polar surface area (TPSA) is 50.9 Å². The first-order chi connectivity index (χ1) is 11.8. The number of hydrogen-bond donors (Lipinski definition) is 1. The third-order valence-corrected chi connectivity index (χ3v) is 5.77. The third-order valence-electron chi connectivity index (χ3n) is 5.53. The average Bonchev–Trinajstić information content (AvgIpc) is 2.89. The van der Waals surface area contributed by atoms with Crippen LogP contribution in [0.4, 0.5) is 0 Å². The lowest BCUT2D eigenvalue weighted by Gasteiger charge is -2.44. The van der Waals surface area contributed by atoms with E-state index in [1.54, 1.807) is 16.9 Å². The number of aromatic nitrogens is 3. The molecule has 1 aromatic carbocycles. The molecular formula is C21H28ClN3O. The van der Waals surface area contributed by atoms with Gasteiger partial charge in [0.25, 0.3) is 0 Å². The van der Waals surface area contributed by atoms with Gasteiger partial charge in [-0.2, -0.15) is 4.80 Å². The van der Waals surface area contributed by atoms with E-state index in [9.17, 15) is 5.11 Å². The van der Waals surface area contributed by atoms with Crippen molar-refractivity contribution in [2.75, 3.05) is 0 Å². The van der Waals surface area contributed by atoms with E-state index in [1.165, 1.54) is 0 Å². The summed E-state index contributed by atoms with van der Waals surface area (Å²) in [7, 11) is 0. The molecule has 2 atom stereocenters. The molecule has 0 saturated carbocycles. The van der Waals surface area contributed by atoms with Crippen molar-refractivity contribution < 1.29 is 5.11 Å². The van der Waals surface area contributed by atoms with Gasteiger partial charge in [0.05, 0.1) is 5.70 Å². The lowest BCUT2D eigenvalue weighted by Crippen LogP contribution is -2.38. The van der Waals surface area contributed by atoms with Gasteiger partial charge in [0.15, 0.2) is 0 Å². The molecule has 4 nitrogen and oxygen atoms in total. The van der Waals surface area contributed by atoms with Crippen LogP contribution in [0.2, 0.25) is 5.02 Å². The predicted octanol–water partition coefficient (Wildman–Crippen LogP) is 5.33. The summed E-state index contributed by atoms with van der Waals surface area (Å²) in [6.45, 7) is 15.2. The Balaban J connectivity index is 2.20. The minimum absolute atomic E-state index is 0.0230. The molecule has 0 radical (unpaired) electrons. The molecule has 0 spiro atoms. The highest BCUT2D eigenvalue weighted by molar-refractivity contribution is 6.31. The second-order valence-corrected chi connectivity index (χ2v) is 9.91. The molecule has 1 aliphatic carbocycles. The number of benzene rings is 1. The molecule has 5 heteroatoms. The van der Waals surface area contributed by atoms with Gasteiger partial charge in [0.2, 0.25) is 0 Å². The van der Waals surface area contributed by atoms with Crippen LogP contribution >= 0.6 is 11.6 Å². The number of fused-ring (bicyclic) bond motifs is 1. The van der Waals surface area contributed by atoms with Gasteiger partial charge in [0.1, 0.15) is 17.1 Å². The Bertz CT molecular complexity index is 911. The Hall–Kier alpha value is -1.65. The van der Waals surface area contributed by atoms with Crippen LogP contribution in [-0.4, -0.2) is 26.2 Å². The van der Waals surface area contributed by atoms with Gasteiger partial charge in [-0.15, -0.1) is 10.2 Å². The Kier molecular flexibility index (Phi) is 4.36. The molecule has 26 heavy (non-hydrogen) atoms. The summed E-state index contributed by atoms with van der Waals surface area (Å²) in [6.07, 6.45) is 3.58. The maximum Gasteiger partial charge on any atom is 0.119 e. The van der Waals surface area contributed by atoms with Gasteiger partial charge >= 0.3 is 0 Å². The van der Waals surface area contributed by atoms with E-state index < -0.39 is 6.10 Å². The molecule has 1 heterocycles. The normalized spacial score (nSPS) is 24.6. The number of aliphatic hydroxyl groups excluding tert-OH is 1. The van der Waals surface area contributed by atoms with Crippen molar-refractivity contribution in [2.24, 2.45) is 16.2 Å². The van der Waals surface area contributed by atoms with Crippen LogP contribution in [-0.2, 0) is 0 Å². The Morgan fingerprint density at radius 3 is 2.23 bits per heavy atom. The summed E-state index contributed by atoms with van der Waals surface area (Å²) in [4.78, 5) is 1.56. The highest BCUT2D eigenvalue weighted by Gasteiger charge is 2.42. The van der Waals surface area contributed by atoms with Crippen LogP contribution in [0.25, 0.3) is 16.7 Å². The number of nitrogens with zero attached hydrogens (tertiary/aromatic N) is 3. The SMILES string of the molecule is CC(C)(C)C1=CC(C)(C(C)(C)C)C=C(n2nc3ccc(Cl)cc3n2)C1O. The maximum atomic E-state index is 11.1. The van der Waals surface area contributed by atoms with Crippen LogP contribution in [0.5, 0.6) is 0 Å². The number of halogens is 1. The lowest BCUT2D eigenvalue weighted by atomic mass is 9.62. The highest BCUT2D eigenvalue weighted by atomic mass is 35.5. The van der Waals surface area contributed by atoms with E-state index >= 15 is 0 Å². The van der Waals surface area contributed by atoms with Crippen LogP contribution in [0, 0.1) is 16.2 Å². The summed E-state index contributed by atoms with van der Waals surface area (Å²) in [5.74, 6) is 0. The molecule has 0 amide bonds. The van der Waals surface area contributed by atoms with Gasteiger partial charge in [-0.1, -0.05) is 66.1 Å². The first kappa shape index (κ1) is 19.1. The predicted molar refractivity (Wildman–Crippen MR) is 108 cm³/mol. The standard InChI is InChI=1S/C21H28ClN3O/c1-19(2,3)14-11-21(7,20(4,5)6)12-17(18(14)26)25-23-15-9-8-13(22)10-16(15)24-25/h8-12,18,26H,1-7H3. The number of hydrogen-bond acceptors (Lipinski definition) is 3. The molecule has 1 aliphatic rings. The Morgan fingerprint density at radius 1 is 1.04 bits per heavy atom. The van der Waals surface area contributed by atoms with E-state index in [2.05, 4.69) is 70.8 Å². The molecule has 0 saturated heterocycles. The Morgan fingerprint density at radius 2 is 1.65 bits per heavy atom. The zero-order valence-electron chi connectivity index (χ0n) is 16.6. The van der Waals surface area contributed by atoms with Crippen molar-refractivity contribution in [2.45, 2.75) is 54.6 Å². The smallest absolute Gasteiger partial charge is 0.119 e. The minimum atomic E-state index is -0.747. The van der Waals surface area contributed by atoms with Gasteiger partial charge in [-0.3, -0.25) is 0 Å². The van der Waals surface area contributed by atoms with Crippen molar-refractivity contribution in [3.63, 3.8) is 0 Å². The van der Waals surface area contributed by atoms with E-state index in [0.717, 1.165) is 16.6 Å². The first-order valence-corrected chi connectivity index (χ1v) is 9.37. The number of aliphatic hydroxyl groups is 1. The maximum absolute atomic E-state index is 11.1. The van der Waals surface area contributed by atoms with Gasteiger partial charge < -0.3 is 5.11 Å². The molecule has 2 unspecified atom stereocenters. The first-order valence-electron chi connectivity index (χ1n) is 8.99. The molecule has 0 aliphatic heterocycles. The van der Waals surface area contributed by atoms with Crippen molar-refractivity contribution >= 4 is 28.3 Å². The van der Waals surface area contributed by atoms with Crippen molar-refractivity contribution in [3.8, 4) is 0 Å². The van der Waals surface area contributed by atoms with Crippen LogP contribution in [0.1, 0.15) is 48.5 Å². The van der Waals surface area contributed by atoms with Crippen molar-refractivity contribution in [1.29, 1.82) is 0 Å². The van der Waals surface area contributed by atoms with Gasteiger partial charge in [-0.05, 0) is 40.7 Å². The summed E-state index contributed by atoms with van der Waals surface area (Å²) in [5.41, 5.74) is 2.74. The van der Waals surface area contributed by atoms with E-state index in [0.29, 0.717) is 10.7 Å². The highest BCUT2D eigenvalue weighted by Crippen LogP contribution is 2.49. The number of allylic oxidation sites excluding steroid dienone is 2. The summed E-state index contributed by atoms with van der Waals surface area (Å²) < 4.78 is 0. The second-order valence-electron chi connectivity index (χ2n) is 9.48. The fourth-order valence-corrected chi connectivity index (χ4v) is 3.39. The van der Waals surface area contributed by atoms with Gasteiger partial charge in [-0.25, -0.2) is 0 Å². The molecule has 1 aromatic heterocycles. The molecule has 1 N–H and O–H groups in total. The molecule has 0 fully saturated rings. The molecule has 140 valence electrons. The number of rotatable bonds is 1. The van der Waals surface area contributed by atoms with E-state index in [1.807, 2.05) is 6.07 Å². The second kappa shape index (κ2) is 5.93. The van der Waals surface area contributed by atoms with Crippen molar-refractivity contribution in [3.05, 3.63) is 40.9 Å². The summed E-state index contributed by atoms with van der Waals surface area (Å²) in [5, 5.41) is 20.9. The minimum Gasteiger partial charge on any atom is -0.382 e. The average molecular weight is 374 g/mol. The van der Waals surface area contributed by atoms with Crippen LogP contribution in [0.3, 0.4) is 0 Å². The van der Waals surface area contributed by atoms with Crippen LogP contribution in [0.15, 0.2) is 35.9 Å². The summed E-state index contributed by atoms with van der Waals surface area (Å²) in [6, 6.07) is 5.44. The lowest BCUT2D eigenvalue weighted by molar-refractivity contribution is 0.185. The van der Waals surface area contributed by atoms with Gasteiger partial charge in [0, 0.05) is 10.4 Å². The zero-order valence-corrected chi connectivity index (χ0v) is 17.4. The monoisotopic (exact) mass is 373 g/mol. The molecule has 0 bridgehead atoms. The quantitative estimate of drug-likeness (QED) is 0.688. The molecule has 2 aromatic rings. The van der Waals surface area contributed by atoms with E-state index in [4.69, 9.17) is 11.6 Å². The van der Waals surface area contributed by atoms with Crippen molar-refractivity contribution in [1.82, 2.24) is 15.0 Å². The Labute approximate surface area is 160 Å².